The highest BCUT2D eigenvalue weighted by molar-refractivity contribution is 5.98. The fourth-order valence-corrected chi connectivity index (χ4v) is 3.70. The largest absolute Gasteiger partial charge is 0.497 e. The average molecular weight is 447 g/mol. The van der Waals surface area contributed by atoms with E-state index >= 15 is 0 Å². The van der Waals surface area contributed by atoms with Crippen molar-refractivity contribution in [1.82, 2.24) is 20.4 Å². The predicted octanol–water partition coefficient (Wildman–Crippen LogP) is 0.881. The van der Waals surface area contributed by atoms with Crippen molar-refractivity contribution in [3.05, 3.63) is 23.8 Å². The molecule has 9 nitrogen and oxygen atoms in total. The molecule has 1 aromatic carbocycles. The van der Waals surface area contributed by atoms with Gasteiger partial charge in [0, 0.05) is 43.9 Å². The first-order chi connectivity index (χ1) is 15.3. The maximum Gasteiger partial charge on any atom is 0.252 e. The summed E-state index contributed by atoms with van der Waals surface area (Å²) < 4.78 is 10.5. The van der Waals surface area contributed by atoms with E-state index < -0.39 is 6.04 Å². The first-order valence-corrected chi connectivity index (χ1v) is 11.1. The SMILES string of the molecule is COc1cc(OC)cc(C(=O)N[C@H](C(=O)N2CCN(CC(=O)NC3CC3)CC2)C(C)C)c1. The number of carbonyl (C=O) groups excluding carboxylic acids is 3. The Balaban J connectivity index is 1.57. The Bertz CT molecular complexity index is 809. The number of carbonyl (C=O) groups is 3. The number of hydrogen-bond donors (Lipinski definition) is 2. The smallest absolute Gasteiger partial charge is 0.252 e. The number of piperazine rings is 1. The van der Waals surface area contributed by atoms with Crippen molar-refractivity contribution in [2.75, 3.05) is 46.9 Å². The van der Waals surface area contributed by atoms with Crippen molar-refractivity contribution >= 4 is 17.7 Å². The third kappa shape index (κ3) is 6.35. The van der Waals surface area contributed by atoms with E-state index in [9.17, 15) is 14.4 Å². The lowest BCUT2D eigenvalue weighted by atomic mass is 10.0. The molecular weight excluding hydrogens is 412 g/mol. The molecule has 9 heteroatoms. The molecule has 32 heavy (non-hydrogen) atoms. The monoisotopic (exact) mass is 446 g/mol. The molecule has 1 heterocycles. The Hall–Kier alpha value is -2.81. The second kappa shape index (κ2) is 10.7. The Morgan fingerprint density at radius 2 is 1.59 bits per heavy atom. The maximum absolute atomic E-state index is 13.2. The average Bonchev–Trinajstić information content (AvgIpc) is 3.60. The van der Waals surface area contributed by atoms with Gasteiger partial charge in [0.2, 0.25) is 11.8 Å². The van der Waals surface area contributed by atoms with Gasteiger partial charge in [-0.1, -0.05) is 13.8 Å². The van der Waals surface area contributed by atoms with Crippen molar-refractivity contribution in [2.24, 2.45) is 5.92 Å². The van der Waals surface area contributed by atoms with Gasteiger partial charge < -0.3 is 25.0 Å². The summed E-state index contributed by atoms with van der Waals surface area (Å²) >= 11 is 0. The second-order valence-corrected chi connectivity index (χ2v) is 8.74. The van der Waals surface area contributed by atoms with Crippen molar-refractivity contribution in [1.29, 1.82) is 0 Å². The first-order valence-electron chi connectivity index (χ1n) is 11.1. The van der Waals surface area contributed by atoms with Crippen molar-refractivity contribution < 1.29 is 23.9 Å². The van der Waals surface area contributed by atoms with Gasteiger partial charge >= 0.3 is 0 Å². The van der Waals surface area contributed by atoms with Crippen LogP contribution in [0.4, 0.5) is 0 Å². The molecule has 0 unspecified atom stereocenters. The summed E-state index contributed by atoms with van der Waals surface area (Å²) in [6.45, 7) is 6.51. The third-order valence-corrected chi connectivity index (χ3v) is 5.83. The van der Waals surface area contributed by atoms with Crippen LogP contribution in [0.25, 0.3) is 0 Å². The molecule has 176 valence electrons. The molecule has 1 aliphatic carbocycles. The molecule has 0 radical (unpaired) electrons. The predicted molar refractivity (Wildman–Crippen MR) is 120 cm³/mol. The lowest BCUT2D eigenvalue weighted by molar-refractivity contribution is -0.136. The van der Waals surface area contributed by atoms with Gasteiger partial charge in [0.15, 0.2) is 0 Å². The topological polar surface area (TPSA) is 100 Å². The Morgan fingerprint density at radius 3 is 2.09 bits per heavy atom. The van der Waals surface area contributed by atoms with E-state index in [4.69, 9.17) is 9.47 Å². The zero-order valence-electron chi connectivity index (χ0n) is 19.3. The van der Waals surface area contributed by atoms with Crippen LogP contribution in [-0.4, -0.2) is 86.5 Å². The number of rotatable bonds is 9. The van der Waals surface area contributed by atoms with Gasteiger partial charge in [-0.15, -0.1) is 0 Å². The van der Waals surface area contributed by atoms with Gasteiger partial charge in [0.25, 0.3) is 5.91 Å². The van der Waals surface area contributed by atoms with Crippen LogP contribution in [0.3, 0.4) is 0 Å². The molecule has 3 amide bonds. The van der Waals surface area contributed by atoms with E-state index in [2.05, 4.69) is 15.5 Å². The van der Waals surface area contributed by atoms with E-state index in [1.54, 1.807) is 23.1 Å². The zero-order valence-corrected chi connectivity index (χ0v) is 19.3. The summed E-state index contributed by atoms with van der Waals surface area (Å²) in [6.07, 6.45) is 2.14. The van der Waals surface area contributed by atoms with Crippen molar-refractivity contribution in [2.45, 2.75) is 38.8 Å². The number of ether oxygens (including phenoxy) is 2. The molecule has 1 aromatic rings. The molecule has 0 aromatic heterocycles. The van der Waals surface area contributed by atoms with Gasteiger partial charge in [0.05, 0.1) is 20.8 Å². The number of amides is 3. The fraction of sp³-hybridized carbons (Fsp3) is 0.609. The molecule has 1 saturated heterocycles. The van der Waals surface area contributed by atoms with Crippen LogP contribution in [0.1, 0.15) is 37.0 Å². The fourth-order valence-electron chi connectivity index (χ4n) is 3.70. The summed E-state index contributed by atoms with van der Waals surface area (Å²) in [4.78, 5) is 42.0. The number of methoxy groups -OCH3 is 2. The molecule has 0 spiro atoms. The third-order valence-electron chi connectivity index (χ3n) is 5.83. The molecule has 1 saturated carbocycles. The summed E-state index contributed by atoms with van der Waals surface area (Å²) in [5, 5.41) is 5.88. The first kappa shape index (κ1) is 23.8. The highest BCUT2D eigenvalue weighted by atomic mass is 16.5. The van der Waals surface area contributed by atoms with Crippen LogP contribution in [-0.2, 0) is 9.59 Å². The molecule has 1 atom stereocenters. The zero-order chi connectivity index (χ0) is 23.3. The minimum atomic E-state index is -0.649. The highest BCUT2D eigenvalue weighted by Gasteiger charge is 2.32. The van der Waals surface area contributed by atoms with Crippen LogP contribution in [0.15, 0.2) is 18.2 Å². The molecule has 2 N–H and O–H groups in total. The van der Waals surface area contributed by atoms with E-state index in [1.165, 1.54) is 14.2 Å². The van der Waals surface area contributed by atoms with Crippen LogP contribution >= 0.6 is 0 Å². The standard InChI is InChI=1S/C23H34N4O5/c1-15(2)21(25-22(29)16-11-18(31-3)13-19(12-16)32-4)23(30)27-9-7-26(8-10-27)14-20(28)24-17-5-6-17/h11-13,15,17,21H,5-10,14H2,1-4H3,(H,24,28)(H,25,29)/t21-/m0/s1. The lowest BCUT2D eigenvalue weighted by Gasteiger charge is -2.37. The minimum absolute atomic E-state index is 0.0494. The van der Waals surface area contributed by atoms with Crippen LogP contribution in [0.5, 0.6) is 11.5 Å². The molecule has 0 bridgehead atoms. The van der Waals surface area contributed by atoms with Crippen LogP contribution in [0, 0.1) is 5.92 Å². The molecular formula is C23H34N4O5. The van der Waals surface area contributed by atoms with E-state index in [0.717, 1.165) is 12.8 Å². The van der Waals surface area contributed by atoms with Gasteiger partial charge in [-0.25, -0.2) is 0 Å². The van der Waals surface area contributed by atoms with E-state index in [1.807, 2.05) is 13.8 Å². The quantitative estimate of drug-likeness (QED) is 0.584. The van der Waals surface area contributed by atoms with E-state index in [-0.39, 0.29) is 23.6 Å². The summed E-state index contributed by atoms with van der Waals surface area (Å²) in [6, 6.07) is 4.62. The molecule has 2 aliphatic rings. The summed E-state index contributed by atoms with van der Waals surface area (Å²) in [7, 11) is 3.04. The van der Waals surface area contributed by atoms with Gasteiger partial charge in [-0.05, 0) is 30.9 Å². The summed E-state index contributed by atoms with van der Waals surface area (Å²) in [5.41, 5.74) is 0.367. The van der Waals surface area contributed by atoms with Crippen LogP contribution in [0.2, 0.25) is 0 Å². The van der Waals surface area contributed by atoms with Crippen molar-refractivity contribution in [3.8, 4) is 11.5 Å². The maximum atomic E-state index is 13.2. The molecule has 1 aliphatic heterocycles. The van der Waals surface area contributed by atoms with Crippen molar-refractivity contribution in [3.63, 3.8) is 0 Å². The van der Waals surface area contributed by atoms with Gasteiger partial charge in [-0.2, -0.15) is 0 Å². The lowest BCUT2D eigenvalue weighted by Crippen LogP contribution is -2.57. The highest BCUT2D eigenvalue weighted by Crippen LogP contribution is 2.23. The summed E-state index contributed by atoms with van der Waals surface area (Å²) in [5.74, 6) is 0.511. The number of nitrogens with one attached hydrogen (secondary N) is 2. The number of hydrogen-bond acceptors (Lipinski definition) is 6. The van der Waals surface area contributed by atoms with Gasteiger partial charge in [-0.3, -0.25) is 19.3 Å². The molecule has 2 fully saturated rings. The Kier molecular flexibility index (Phi) is 7.95. The Labute approximate surface area is 189 Å². The number of nitrogens with zero attached hydrogens (tertiary/aromatic N) is 2. The normalized spacial score (nSPS) is 17.6. The Morgan fingerprint density at radius 1 is 1.00 bits per heavy atom. The molecule has 3 rings (SSSR count). The van der Waals surface area contributed by atoms with E-state index in [0.29, 0.717) is 55.8 Å². The minimum Gasteiger partial charge on any atom is -0.497 e. The van der Waals surface area contributed by atoms with Crippen LogP contribution < -0.4 is 20.1 Å². The van der Waals surface area contributed by atoms with Gasteiger partial charge in [0.1, 0.15) is 17.5 Å². The number of benzene rings is 1. The second-order valence-electron chi connectivity index (χ2n) is 8.74.